The molecule has 6 nitrogen and oxygen atoms in total. The van der Waals surface area contributed by atoms with E-state index in [9.17, 15) is 8.42 Å². The second-order valence-electron chi connectivity index (χ2n) is 5.77. The van der Waals surface area contributed by atoms with Gasteiger partial charge < -0.3 is 14.4 Å². The van der Waals surface area contributed by atoms with Gasteiger partial charge in [-0.25, -0.2) is 13.1 Å². The highest BCUT2D eigenvalue weighted by Crippen LogP contribution is 2.31. The van der Waals surface area contributed by atoms with Crippen molar-refractivity contribution in [3.8, 4) is 11.5 Å². The van der Waals surface area contributed by atoms with Crippen LogP contribution in [0.15, 0.2) is 23.1 Å². The van der Waals surface area contributed by atoms with Gasteiger partial charge in [-0.2, -0.15) is 0 Å². The lowest BCUT2D eigenvalue weighted by molar-refractivity contribution is 0.297. The minimum absolute atomic E-state index is 0.136. The first-order valence-corrected chi connectivity index (χ1v) is 8.93. The number of nitrogens with one attached hydrogen (secondary N) is 1. The molecule has 0 spiro atoms. The third-order valence-corrected chi connectivity index (χ3v) is 4.98. The maximum absolute atomic E-state index is 12.4. The first-order chi connectivity index (χ1) is 10.4. The molecule has 0 unspecified atom stereocenters. The van der Waals surface area contributed by atoms with Crippen LogP contribution in [-0.4, -0.2) is 53.2 Å². The molecule has 22 heavy (non-hydrogen) atoms. The molecule has 1 atom stereocenters. The summed E-state index contributed by atoms with van der Waals surface area (Å²) in [6.07, 6.45) is 1.54. The predicted molar refractivity (Wildman–Crippen MR) is 85.0 cm³/mol. The van der Waals surface area contributed by atoms with Crippen molar-refractivity contribution < 1.29 is 17.9 Å². The Bertz CT molecular complexity index is 602. The van der Waals surface area contributed by atoms with Gasteiger partial charge in [-0.1, -0.05) is 0 Å². The molecule has 1 aliphatic rings. The number of fused-ring (bicyclic) bond motifs is 1. The molecule has 0 bridgehead atoms. The second kappa shape index (κ2) is 7.30. The number of ether oxygens (including phenoxy) is 2. The lowest BCUT2D eigenvalue weighted by atomic mass is 10.2. The maximum atomic E-state index is 12.4. The molecule has 0 saturated carbocycles. The van der Waals surface area contributed by atoms with Crippen LogP contribution >= 0.6 is 0 Å². The zero-order valence-electron chi connectivity index (χ0n) is 13.3. The summed E-state index contributed by atoms with van der Waals surface area (Å²) < 4.78 is 38.6. The van der Waals surface area contributed by atoms with Crippen molar-refractivity contribution in [3.05, 3.63) is 18.2 Å². The van der Waals surface area contributed by atoms with Gasteiger partial charge in [0.1, 0.15) is 0 Å². The Hall–Kier alpha value is -1.31. The number of rotatable bonds is 6. The van der Waals surface area contributed by atoms with Gasteiger partial charge in [0.15, 0.2) is 11.5 Å². The Morgan fingerprint density at radius 3 is 2.59 bits per heavy atom. The second-order valence-corrected chi connectivity index (χ2v) is 7.49. The predicted octanol–water partition coefficient (Wildman–Crippen LogP) is 1.47. The highest BCUT2D eigenvalue weighted by Gasteiger charge is 2.20. The summed E-state index contributed by atoms with van der Waals surface area (Å²) in [5.74, 6) is 1.08. The van der Waals surface area contributed by atoms with Crippen LogP contribution in [0, 0.1) is 0 Å². The maximum Gasteiger partial charge on any atom is 0.240 e. The van der Waals surface area contributed by atoms with Gasteiger partial charge in [0.2, 0.25) is 10.0 Å². The number of benzene rings is 1. The van der Waals surface area contributed by atoms with E-state index in [0.717, 1.165) is 19.4 Å². The van der Waals surface area contributed by atoms with E-state index < -0.39 is 10.0 Å². The van der Waals surface area contributed by atoms with E-state index in [1.54, 1.807) is 12.1 Å². The summed E-state index contributed by atoms with van der Waals surface area (Å²) in [5.41, 5.74) is 0. The molecule has 0 saturated heterocycles. The van der Waals surface area contributed by atoms with Crippen LogP contribution in [0.3, 0.4) is 0 Å². The topological polar surface area (TPSA) is 67.9 Å². The minimum atomic E-state index is -3.56. The van der Waals surface area contributed by atoms with E-state index in [-0.39, 0.29) is 10.9 Å². The summed E-state index contributed by atoms with van der Waals surface area (Å²) in [6, 6.07) is 4.60. The van der Waals surface area contributed by atoms with Gasteiger partial charge in [0, 0.05) is 18.5 Å². The Morgan fingerprint density at radius 1 is 1.23 bits per heavy atom. The van der Waals surface area contributed by atoms with Crippen molar-refractivity contribution in [1.82, 2.24) is 9.62 Å². The molecule has 1 aliphatic heterocycles. The number of hydrogen-bond acceptors (Lipinski definition) is 5. The highest BCUT2D eigenvalue weighted by atomic mass is 32.2. The molecule has 1 heterocycles. The molecule has 1 N–H and O–H groups in total. The lowest BCUT2D eigenvalue weighted by Gasteiger charge is -2.17. The number of nitrogens with zero attached hydrogens (tertiary/aromatic N) is 1. The molecule has 0 aromatic heterocycles. The van der Waals surface area contributed by atoms with Crippen molar-refractivity contribution in [2.45, 2.75) is 30.7 Å². The Kier molecular flexibility index (Phi) is 5.66. The van der Waals surface area contributed by atoms with Crippen LogP contribution < -0.4 is 14.2 Å². The normalized spacial score (nSPS) is 16.4. The highest BCUT2D eigenvalue weighted by molar-refractivity contribution is 7.89. The van der Waals surface area contributed by atoms with Gasteiger partial charge in [-0.05, 0) is 46.1 Å². The monoisotopic (exact) mass is 328 g/mol. The Balaban J connectivity index is 2.10. The van der Waals surface area contributed by atoms with Crippen LogP contribution in [0.1, 0.15) is 19.8 Å². The fourth-order valence-corrected chi connectivity index (χ4v) is 3.45. The Morgan fingerprint density at radius 2 is 1.91 bits per heavy atom. The smallest absolute Gasteiger partial charge is 0.240 e. The molecular weight excluding hydrogens is 304 g/mol. The summed E-state index contributed by atoms with van der Waals surface area (Å²) in [6.45, 7) is 3.80. The van der Waals surface area contributed by atoms with Crippen molar-refractivity contribution in [2.75, 3.05) is 33.9 Å². The van der Waals surface area contributed by atoms with Crippen molar-refractivity contribution in [2.24, 2.45) is 0 Å². The van der Waals surface area contributed by atoms with E-state index in [4.69, 9.17) is 9.47 Å². The van der Waals surface area contributed by atoms with Gasteiger partial charge in [0.05, 0.1) is 18.1 Å². The molecule has 0 fully saturated rings. The standard InChI is InChI=1S/C15H24N2O4S/c1-12(7-8-17(2)3)16-22(18,19)13-5-6-14-15(11-13)21-10-4-9-20-14/h5-6,11-12,16H,4,7-10H2,1-3H3/t12-/m1/s1. The number of hydrogen-bond donors (Lipinski definition) is 1. The van der Waals surface area contributed by atoms with Crippen molar-refractivity contribution >= 4 is 10.0 Å². The van der Waals surface area contributed by atoms with E-state index in [1.807, 2.05) is 25.9 Å². The molecule has 0 radical (unpaired) electrons. The van der Waals surface area contributed by atoms with Crippen LogP contribution in [0.2, 0.25) is 0 Å². The van der Waals surface area contributed by atoms with Crippen molar-refractivity contribution in [3.63, 3.8) is 0 Å². The quantitative estimate of drug-likeness (QED) is 0.856. The zero-order chi connectivity index (χ0) is 16.2. The average Bonchev–Trinajstić information content (AvgIpc) is 2.69. The van der Waals surface area contributed by atoms with Crippen molar-refractivity contribution in [1.29, 1.82) is 0 Å². The van der Waals surface area contributed by atoms with Gasteiger partial charge in [0.25, 0.3) is 0 Å². The molecule has 0 aliphatic carbocycles. The average molecular weight is 328 g/mol. The van der Waals surface area contributed by atoms with E-state index >= 15 is 0 Å². The summed E-state index contributed by atoms with van der Waals surface area (Å²) >= 11 is 0. The van der Waals surface area contributed by atoms with E-state index in [2.05, 4.69) is 4.72 Å². The molecule has 0 amide bonds. The van der Waals surface area contributed by atoms with Crippen LogP contribution in [-0.2, 0) is 10.0 Å². The number of sulfonamides is 1. The largest absolute Gasteiger partial charge is 0.490 e. The summed E-state index contributed by atoms with van der Waals surface area (Å²) in [5, 5.41) is 0. The van der Waals surface area contributed by atoms with E-state index in [0.29, 0.717) is 24.7 Å². The fourth-order valence-electron chi connectivity index (χ4n) is 2.15. The van der Waals surface area contributed by atoms with Crippen LogP contribution in [0.5, 0.6) is 11.5 Å². The lowest BCUT2D eigenvalue weighted by Crippen LogP contribution is -2.34. The molecule has 124 valence electrons. The zero-order valence-corrected chi connectivity index (χ0v) is 14.1. The van der Waals surface area contributed by atoms with E-state index in [1.165, 1.54) is 6.07 Å². The summed E-state index contributed by atoms with van der Waals surface area (Å²) in [7, 11) is 0.370. The summed E-state index contributed by atoms with van der Waals surface area (Å²) in [4.78, 5) is 2.23. The first kappa shape index (κ1) is 17.1. The molecule has 2 rings (SSSR count). The molecule has 7 heteroatoms. The third-order valence-electron chi connectivity index (χ3n) is 3.39. The molecular formula is C15H24N2O4S. The van der Waals surface area contributed by atoms with Gasteiger partial charge >= 0.3 is 0 Å². The van der Waals surface area contributed by atoms with Gasteiger partial charge in [-0.3, -0.25) is 0 Å². The molecule has 1 aromatic carbocycles. The molecule has 1 aromatic rings. The fraction of sp³-hybridized carbons (Fsp3) is 0.600. The minimum Gasteiger partial charge on any atom is -0.490 e. The van der Waals surface area contributed by atoms with Crippen LogP contribution in [0.25, 0.3) is 0 Å². The van der Waals surface area contributed by atoms with Gasteiger partial charge in [-0.15, -0.1) is 0 Å². The SMILES string of the molecule is C[C@H](CCN(C)C)NS(=O)(=O)c1ccc2c(c1)OCCCO2. The first-order valence-electron chi connectivity index (χ1n) is 7.45. The third kappa shape index (κ3) is 4.59. The van der Waals surface area contributed by atoms with Crippen LogP contribution in [0.4, 0.5) is 0 Å². The Labute approximate surface area is 132 Å².